The van der Waals surface area contributed by atoms with Crippen molar-refractivity contribution in [1.82, 2.24) is 4.98 Å². The van der Waals surface area contributed by atoms with Gasteiger partial charge in [0.25, 0.3) is 0 Å². The summed E-state index contributed by atoms with van der Waals surface area (Å²) in [5.41, 5.74) is 2.64. The minimum atomic E-state index is -0.890. The molecule has 3 aromatic rings. The zero-order valence-electron chi connectivity index (χ0n) is 14.3. The van der Waals surface area contributed by atoms with Crippen LogP contribution in [-0.4, -0.2) is 16.1 Å². The second kappa shape index (κ2) is 8.09. The normalized spacial score (nSPS) is 11.3. The van der Waals surface area contributed by atoms with Crippen LogP contribution in [-0.2, 0) is 12.8 Å². The van der Waals surface area contributed by atoms with Crippen molar-refractivity contribution in [2.75, 3.05) is 0 Å². The molecule has 0 unspecified atom stereocenters. The van der Waals surface area contributed by atoms with Gasteiger partial charge >= 0.3 is 5.97 Å². The Morgan fingerprint density at radius 1 is 1.23 bits per heavy atom. The average molecular weight is 426 g/mol. The monoisotopic (exact) mass is 425 g/mol. The van der Waals surface area contributed by atoms with Crippen LogP contribution in [0.15, 0.2) is 29.6 Å². The fourth-order valence-corrected chi connectivity index (χ4v) is 5.06. The maximum Gasteiger partial charge on any atom is 0.346 e. The van der Waals surface area contributed by atoms with Gasteiger partial charge in [-0.25, -0.2) is 9.78 Å². The second-order valence-electron chi connectivity index (χ2n) is 6.36. The molecule has 0 radical (unpaired) electrons. The molecular weight excluding hydrogens is 409 g/mol. The number of hydrogen-bond acceptors (Lipinski definition) is 4. The molecule has 0 spiro atoms. The number of rotatable bonds is 6. The summed E-state index contributed by atoms with van der Waals surface area (Å²) in [6, 6.07) is 7.39. The van der Waals surface area contributed by atoms with Gasteiger partial charge in [0.15, 0.2) is 0 Å². The maximum atomic E-state index is 11.3. The van der Waals surface area contributed by atoms with Gasteiger partial charge in [0.05, 0.1) is 20.7 Å². The predicted octanol–water partition coefficient (Wildman–Crippen LogP) is 6.67. The van der Waals surface area contributed by atoms with Crippen molar-refractivity contribution in [1.29, 1.82) is 0 Å². The maximum absolute atomic E-state index is 11.3. The molecular formula is C19H17Cl2NO2S2. The van der Waals surface area contributed by atoms with Crippen LogP contribution in [0.1, 0.15) is 39.0 Å². The van der Waals surface area contributed by atoms with Gasteiger partial charge in [0.2, 0.25) is 0 Å². The topological polar surface area (TPSA) is 50.2 Å². The zero-order valence-corrected chi connectivity index (χ0v) is 17.4. The number of hydrogen-bond donors (Lipinski definition) is 1. The van der Waals surface area contributed by atoms with Gasteiger partial charge in [-0.15, -0.1) is 22.7 Å². The van der Waals surface area contributed by atoms with E-state index in [0.717, 1.165) is 28.2 Å². The highest BCUT2D eigenvalue weighted by molar-refractivity contribution is 7.12. The van der Waals surface area contributed by atoms with Crippen LogP contribution in [0.2, 0.25) is 10.0 Å². The number of benzene rings is 1. The first-order valence-corrected chi connectivity index (χ1v) is 10.5. The molecule has 2 aromatic heterocycles. The van der Waals surface area contributed by atoms with Crippen LogP contribution in [0, 0.1) is 5.92 Å². The lowest BCUT2D eigenvalue weighted by atomic mass is 10.0. The molecule has 0 bridgehead atoms. The van der Waals surface area contributed by atoms with Crippen LogP contribution in [0.3, 0.4) is 0 Å². The van der Waals surface area contributed by atoms with E-state index in [2.05, 4.69) is 13.8 Å². The van der Waals surface area contributed by atoms with Crippen LogP contribution in [0.25, 0.3) is 11.3 Å². The van der Waals surface area contributed by atoms with E-state index in [1.165, 1.54) is 16.2 Å². The van der Waals surface area contributed by atoms with Gasteiger partial charge in [-0.1, -0.05) is 43.1 Å². The first kappa shape index (κ1) is 19.4. The molecule has 1 aromatic carbocycles. The van der Waals surface area contributed by atoms with E-state index in [4.69, 9.17) is 28.2 Å². The Bertz CT molecular complexity index is 947. The summed E-state index contributed by atoms with van der Waals surface area (Å²) >= 11 is 15.1. The van der Waals surface area contributed by atoms with Crippen molar-refractivity contribution in [2.24, 2.45) is 5.92 Å². The first-order chi connectivity index (χ1) is 12.3. The molecule has 0 aliphatic carbocycles. The number of carboxylic acids is 1. The number of halogens is 2. The van der Waals surface area contributed by atoms with Gasteiger partial charge in [-0.3, -0.25) is 0 Å². The van der Waals surface area contributed by atoms with Crippen LogP contribution in [0.5, 0.6) is 0 Å². The summed E-state index contributed by atoms with van der Waals surface area (Å²) in [5.74, 6) is -0.404. The lowest BCUT2D eigenvalue weighted by molar-refractivity contribution is 0.0701. The fourth-order valence-electron chi connectivity index (χ4n) is 2.68. The smallest absolute Gasteiger partial charge is 0.346 e. The fraction of sp³-hybridized carbons (Fsp3) is 0.263. The van der Waals surface area contributed by atoms with Crippen molar-refractivity contribution < 1.29 is 9.90 Å². The number of carboxylic acid groups (broad SMARTS) is 1. The van der Waals surface area contributed by atoms with Gasteiger partial charge in [-0.05, 0) is 41.5 Å². The Kier molecular flexibility index (Phi) is 6.03. The summed E-state index contributed by atoms with van der Waals surface area (Å²) in [5, 5.41) is 13.0. The molecule has 0 atom stereocenters. The molecule has 2 heterocycles. The Morgan fingerprint density at radius 2 is 2.00 bits per heavy atom. The van der Waals surface area contributed by atoms with E-state index in [0.29, 0.717) is 27.3 Å². The van der Waals surface area contributed by atoms with Crippen molar-refractivity contribution in [3.8, 4) is 11.3 Å². The van der Waals surface area contributed by atoms with Gasteiger partial charge in [0, 0.05) is 16.9 Å². The van der Waals surface area contributed by atoms with E-state index in [9.17, 15) is 9.90 Å². The zero-order chi connectivity index (χ0) is 18.8. The van der Waals surface area contributed by atoms with E-state index in [1.54, 1.807) is 22.8 Å². The third-order valence-corrected chi connectivity index (χ3v) is 6.57. The number of aromatic nitrogens is 1. The Morgan fingerprint density at radius 3 is 2.65 bits per heavy atom. The molecule has 3 nitrogen and oxygen atoms in total. The molecule has 0 fully saturated rings. The molecule has 0 aliphatic rings. The molecule has 7 heteroatoms. The summed E-state index contributed by atoms with van der Waals surface area (Å²) in [4.78, 5) is 17.7. The number of aromatic carboxylic acids is 1. The highest BCUT2D eigenvalue weighted by Gasteiger charge is 2.18. The SMILES string of the molecule is CC(C)Cc1sc(Cc2ccsc2C(=O)O)nc1-c1ccc(Cl)c(Cl)c1. The van der Waals surface area contributed by atoms with Gasteiger partial charge in [-0.2, -0.15) is 0 Å². The lowest BCUT2D eigenvalue weighted by Gasteiger charge is -2.06. The highest BCUT2D eigenvalue weighted by Crippen LogP contribution is 2.35. The quantitative estimate of drug-likeness (QED) is 0.479. The number of thiazole rings is 1. The molecule has 26 heavy (non-hydrogen) atoms. The summed E-state index contributed by atoms with van der Waals surface area (Å²) in [7, 11) is 0. The van der Waals surface area contributed by atoms with Crippen molar-refractivity contribution in [3.63, 3.8) is 0 Å². The Balaban J connectivity index is 2.00. The molecule has 0 saturated heterocycles. The molecule has 3 rings (SSSR count). The third-order valence-electron chi connectivity index (χ3n) is 3.81. The second-order valence-corrected chi connectivity index (χ2v) is 9.26. The molecule has 0 aliphatic heterocycles. The van der Waals surface area contributed by atoms with Crippen molar-refractivity contribution >= 4 is 51.8 Å². The number of nitrogens with zero attached hydrogens (tertiary/aromatic N) is 1. The van der Waals surface area contributed by atoms with E-state index in [1.807, 2.05) is 18.2 Å². The van der Waals surface area contributed by atoms with Gasteiger partial charge < -0.3 is 5.11 Å². The molecule has 0 saturated carbocycles. The number of carbonyl (C=O) groups is 1. The van der Waals surface area contributed by atoms with Crippen LogP contribution < -0.4 is 0 Å². The van der Waals surface area contributed by atoms with Crippen LogP contribution >= 0.6 is 45.9 Å². The van der Waals surface area contributed by atoms with Crippen molar-refractivity contribution in [3.05, 3.63) is 60.0 Å². The Labute approximate surface area is 170 Å². The third kappa shape index (κ3) is 4.29. The molecule has 1 N–H and O–H groups in total. The van der Waals surface area contributed by atoms with Crippen molar-refractivity contribution in [2.45, 2.75) is 26.7 Å². The van der Waals surface area contributed by atoms with E-state index >= 15 is 0 Å². The van der Waals surface area contributed by atoms with E-state index in [-0.39, 0.29) is 0 Å². The largest absolute Gasteiger partial charge is 0.477 e. The minimum Gasteiger partial charge on any atom is -0.477 e. The number of thiophene rings is 1. The highest BCUT2D eigenvalue weighted by atomic mass is 35.5. The summed E-state index contributed by atoms with van der Waals surface area (Å²) < 4.78 is 0. The van der Waals surface area contributed by atoms with E-state index < -0.39 is 5.97 Å². The van der Waals surface area contributed by atoms with Gasteiger partial charge in [0.1, 0.15) is 4.88 Å². The predicted molar refractivity (Wildman–Crippen MR) is 110 cm³/mol. The average Bonchev–Trinajstić information content (AvgIpc) is 3.17. The standard InChI is InChI=1S/C19H17Cl2NO2S2/c1-10(2)7-15-17(11-3-4-13(20)14(21)8-11)22-16(26-15)9-12-5-6-25-18(12)19(23)24/h3-6,8,10H,7,9H2,1-2H3,(H,23,24). The summed E-state index contributed by atoms with van der Waals surface area (Å²) in [6.45, 7) is 4.33. The minimum absolute atomic E-state index is 0.377. The van der Waals surface area contributed by atoms with Crippen LogP contribution in [0.4, 0.5) is 0 Å². The molecule has 0 amide bonds. The Hall–Kier alpha value is -1.40. The lowest BCUT2D eigenvalue weighted by Crippen LogP contribution is -1.98. The molecule has 136 valence electrons. The summed E-state index contributed by atoms with van der Waals surface area (Å²) in [6.07, 6.45) is 1.42. The first-order valence-electron chi connectivity index (χ1n) is 8.08.